The molecule has 26 heavy (non-hydrogen) atoms. The molecule has 0 bridgehead atoms. The van der Waals surface area contributed by atoms with E-state index in [4.69, 9.17) is 5.84 Å². The summed E-state index contributed by atoms with van der Waals surface area (Å²) in [5.41, 5.74) is 1.87. The molecule has 1 amide bonds. The summed E-state index contributed by atoms with van der Waals surface area (Å²) in [6, 6.07) is 7.72. The Bertz CT molecular complexity index is 739. The highest BCUT2D eigenvalue weighted by Gasteiger charge is 2.17. The molecule has 140 valence electrons. The summed E-state index contributed by atoms with van der Waals surface area (Å²) in [4.78, 5) is 12.2. The van der Waals surface area contributed by atoms with Crippen molar-refractivity contribution in [3.8, 4) is 0 Å². The van der Waals surface area contributed by atoms with Crippen LogP contribution in [0.3, 0.4) is 0 Å². The van der Waals surface area contributed by atoms with Crippen LogP contribution < -0.4 is 11.2 Å². The third kappa shape index (κ3) is 5.00. The summed E-state index contributed by atoms with van der Waals surface area (Å²) >= 11 is 1.31. The number of carbonyl (C=O) groups is 1. The van der Waals surface area contributed by atoms with Gasteiger partial charge in [0.2, 0.25) is 11.1 Å². The van der Waals surface area contributed by atoms with Crippen LogP contribution in [0.2, 0.25) is 0 Å². The monoisotopic (exact) mass is 373 g/mol. The first kappa shape index (κ1) is 18.8. The van der Waals surface area contributed by atoms with Gasteiger partial charge in [0.1, 0.15) is 0 Å². The Morgan fingerprint density at radius 2 is 2.04 bits per heavy atom. The van der Waals surface area contributed by atoms with Gasteiger partial charge in [0, 0.05) is 12.1 Å². The van der Waals surface area contributed by atoms with Crippen LogP contribution in [0.4, 0.5) is 5.69 Å². The van der Waals surface area contributed by atoms with Crippen LogP contribution in [0.15, 0.2) is 29.4 Å². The van der Waals surface area contributed by atoms with E-state index in [1.54, 1.807) is 0 Å². The van der Waals surface area contributed by atoms with Gasteiger partial charge in [0.05, 0.1) is 5.75 Å². The van der Waals surface area contributed by atoms with Crippen molar-refractivity contribution in [1.82, 2.24) is 14.9 Å². The number of anilines is 1. The van der Waals surface area contributed by atoms with E-state index in [-0.39, 0.29) is 11.7 Å². The average molecular weight is 374 g/mol. The molecule has 0 atom stereocenters. The topological polar surface area (TPSA) is 85.8 Å². The Morgan fingerprint density at radius 1 is 1.27 bits per heavy atom. The molecule has 7 heteroatoms. The van der Waals surface area contributed by atoms with Crippen LogP contribution >= 0.6 is 11.8 Å². The highest BCUT2D eigenvalue weighted by atomic mass is 32.2. The molecule has 0 aliphatic heterocycles. The molecule has 1 aliphatic carbocycles. The number of nitrogens with zero attached hydrogens (tertiary/aromatic N) is 3. The Kier molecular flexibility index (Phi) is 6.55. The molecule has 6 nitrogen and oxygen atoms in total. The Labute approximate surface area is 158 Å². The number of aryl methyl sites for hydroxylation is 2. The summed E-state index contributed by atoms with van der Waals surface area (Å²) in [5.74, 6) is 7.90. The molecular formula is C19H27N5OS. The number of rotatable bonds is 7. The number of hydrogen-bond donors (Lipinski definition) is 2. The minimum absolute atomic E-state index is 0.0731. The zero-order valence-electron chi connectivity index (χ0n) is 15.3. The fourth-order valence-corrected chi connectivity index (χ4v) is 4.09. The first-order valence-corrected chi connectivity index (χ1v) is 10.3. The maximum Gasteiger partial charge on any atom is 0.234 e. The normalized spacial score (nSPS) is 15.1. The Morgan fingerprint density at radius 3 is 2.81 bits per heavy atom. The van der Waals surface area contributed by atoms with Crippen molar-refractivity contribution in [2.75, 3.05) is 16.9 Å². The van der Waals surface area contributed by atoms with Crippen LogP contribution in [-0.4, -0.2) is 26.5 Å². The van der Waals surface area contributed by atoms with Gasteiger partial charge in [-0.3, -0.25) is 4.79 Å². The van der Waals surface area contributed by atoms with Gasteiger partial charge in [-0.1, -0.05) is 62.1 Å². The predicted molar refractivity (Wildman–Crippen MR) is 106 cm³/mol. The van der Waals surface area contributed by atoms with Crippen molar-refractivity contribution in [3.05, 3.63) is 35.7 Å². The lowest BCUT2D eigenvalue weighted by Crippen LogP contribution is -2.18. The molecule has 3 N–H and O–H groups in total. The molecule has 1 saturated carbocycles. The smallest absolute Gasteiger partial charge is 0.234 e. The van der Waals surface area contributed by atoms with Crippen LogP contribution in [0, 0.1) is 12.8 Å². The van der Waals surface area contributed by atoms with Gasteiger partial charge in [0.25, 0.3) is 0 Å². The lowest BCUT2D eigenvalue weighted by molar-refractivity contribution is -0.113. The second kappa shape index (κ2) is 9.07. The molecule has 0 unspecified atom stereocenters. The number of aromatic nitrogens is 3. The number of carbonyl (C=O) groups excluding carboxylic acids is 1. The highest BCUT2D eigenvalue weighted by Crippen LogP contribution is 2.27. The second-order valence-corrected chi connectivity index (χ2v) is 7.91. The van der Waals surface area contributed by atoms with E-state index >= 15 is 0 Å². The molecule has 3 rings (SSSR count). The molecule has 0 saturated heterocycles. The zero-order valence-corrected chi connectivity index (χ0v) is 16.1. The van der Waals surface area contributed by atoms with E-state index in [0.29, 0.717) is 5.16 Å². The fourth-order valence-electron chi connectivity index (χ4n) is 3.41. The van der Waals surface area contributed by atoms with Gasteiger partial charge in [-0.15, -0.1) is 10.2 Å². The largest absolute Gasteiger partial charge is 0.336 e. The van der Waals surface area contributed by atoms with Crippen LogP contribution in [0.25, 0.3) is 0 Å². The summed E-state index contributed by atoms with van der Waals surface area (Å²) in [6.45, 7) is 1.97. The van der Waals surface area contributed by atoms with Gasteiger partial charge in [-0.05, 0) is 30.9 Å². The molecule has 2 aromatic rings. The van der Waals surface area contributed by atoms with Crippen LogP contribution in [0.1, 0.15) is 49.9 Å². The van der Waals surface area contributed by atoms with Gasteiger partial charge >= 0.3 is 0 Å². The maximum atomic E-state index is 12.2. The maximum absolute atomic E-state index is 12.2. The molecule has 1 fully saturated rings. The van der Waals surface area contributed by atoms with E-state index in [1.807, 2.05) is 31.2 Å². The SMILES string of the molecule is Cc1ccccc1NC(=O)CSc1nnc(CCC2CCCCC2)n1N. The fraction of sp³-hybridized carbons (Fsp3) is 0.526. The number of nitrogen functional groups attached to an aromatic ring is 1. The van der Waals surface area contributed by atoms with Crippen molar-refractivity contribution in [2.24, 2.45) is 5.92 Å². The van der Waals surface area contributed by atoms with E-state index < -0.39 is 0 Å². The molecule has 1 heterocycles. The predicted octanol–water partition coefficient (Wildman–Crippen LogP) is 3.54. The molecule has 1 aromatic heterocycles. The third-order valence-corrected chi connectivity index (χ3v) is 5.93. The number of para-hydroxylation sites is 1. The van der Waals surface area contributed by atoms with E-state index in [9.17, 15) is 4.79 Å². The Balaban J connectivity index is 1.48. The van der Waals surface area contributed by atoms with Crippen molar-refractivity contribution in [2.45, 2.75) is 57.0 Å². The average Bonchev–Trinajstić information content (AvgIpc) is 3.01. The first-order chi connectivity index (χ1) is 12.6. The molecule has 1 aliphatic rings. The molecule has 1 aromatic carbocycles. The summed E-state index contributed by atoms with van der Waals surface area (Å²) in [7, 11) is 0. The van der Waals surface area contributed by atoms with Crippen LogP contribution in [0.5, 0.6) is 0 Å². The zero-order chi connectivity index (χ0) is 18.4. The lowest BCUT2D eigenvalue weighted by atomic mass is 9.86. The quantitative estimate of drug-likeness (QED) is 0.573. The number of thioether (sulfide) groups is 1. The van der Waals surface area contributed by atoms with Crippen molar-refractivity contribution in [1.29, 1.82) is 0 Å². The summed E-state index contributed by atoms with van der Waals surface area (Å²) in [6.07, 6.45) is 8.67. The summed E-state index contributed by atoms with van der Waals surface area (Å²) in [5, 5.41) is 11.9. The molecule has 0 spiro atoms. The minimum Gasteiger partial charge on any atom is -0.336 e. The van der Waals surface area contributed by atoms with Crippen LogP contribution in [-0.2, 0) is 11.2 Å². The second-order valence-electron chi connectivity index (χ2n) is 6.96. The highest BCUT2D eigenvalue weighted by molar-refractivity contribution is 7.99. The van der Waals surface area contributed by atoms with Gasteiger partial charge < -0.3 is 11.2 Å². The van der Waals surface area contributed by atoms with Gasteiger partial charge in [0.15, 0.2) is 5.82 Å². The number of hydrogen-bond acceptors (Lipinski definition) is 5. The van der Waals surface area contributed by atoms with E-state index in [1.165, 1.54) is 48.5 Å². The van der Waals surface area contributed by atoms with Crippen molar-refractivity contribution >= 4 is 23.4 Å². The minimum atomic E-state index is -0.0731. The molecular weight excluding hydrogens is 346 g/mol. The molecule has 0 radical (unpaired) electrons. The van der Waals surface area contributed by atoms with E-state index in [0.717, 1.165) is 35.8 Å². The van der Waals surface area contributed by atoms with Crippen molar-refractivity contribution in [3.63, 3.8) is 0 Å². The van der Waals surface area contributed by atoms with Gasteiger partial charge in [-0.2, -0.15) is 0 Å². The van der Waals surface area contributed by atoms with Crippen molar-refractivity contribution < 1.29 is 4.79 Å². The number of benzene rings is 1. The van der Waals surface area contributed by atoms with E-state index in [2.05, 4.69) is 15.5 Å². The van der Waals surface area contributed by atoms with Gasteiger partial charge in [-0.25, -0.2) is 4.68 Å². The Hall–Kier alpha value is -2.02. The first-order valence-electron chi connectivity index (χ1n) is 9.31. The third-order valence-electron chi connectivity index (χ3n) is 4.99. The standard InChI is InChI=1S/C19H27N5OS/c1-14-7-5-6-10-16(14)21-18(25)13-26-19-23-22-17(24(19)20)12-11-15-8-3-2-4-9-15/h5-7,10,15H,2-4,8-9,11-13,20H2,1H3,(H,21,25). The lowest BCUT2D eigenvalue weighted by Gasteiger charge is -2.20. The number of nitrogens with one attached hydrogen (secondary N) is 1. The summed E-state index contributed by atoms with van der Waals surface area (Å²) < 4.78 is 1.54. The number of amides is 1. The number of nitrogens with two attached hydrogens (primary N) is 1.